The van der Waals surface area contributed by atoms with Gasteiger partial charge in [0.25, 0.3) is 0 Å². The molecule has 0 unspecified atom stereocenters. The van der Waals surface area contributed by atoms with Crippen LogP contribution in [0.15, 0.2) is 65.9 Å². The zero-order valence-electron chi connectivity index (χ0n) is 17.5. The van der Waals surface area contributed by atoms with Crippen molar-refractivity contribution in [2.45, 2.75) is 20.0 Å². The Balaban J connectivity index is 1.57. The molecule has 0 bridgehead atoms. The van der Waals surface area contributed by atoms with E-state index >= 15 is 0 Å². The van der Waals surface area contributed by atoms with E-state index in [4.69, 9.17) is 19.7 Å². The van der Waals surface area contributed by atoms with E-state index in [0.717, 1.165) is 22.5 Å². The lowest BCUT2D eigenvalue weighted by molar-refractivity contribution is 0.242. The monoisotopic (exact) mass is 417 g/mol. The lowest BCUT2D eigenvalue weighted by atomic mass is 10.3. The van der Waals surface area contributed by atoms with E-state index in [9.17, 15) is 0 Å². The SMILES string of the molecule is CC(C)Oc1cccc(Nc2nc3cc(Oc4ccnc(C=NO)c4)ccc3n2C)c1. The third kappa shape index (κ3) is 4.75. The molecule has 0 amide bonds. The first kappa shape index (κ1) is 20.2. The van der Waals surface area contributed by atoms with E-state index in [1.54, 1.807) is 18.3 Å². The van der Waals surface area contributed by atoms with Gasteiger partial charge in [0, 0.05) is 37.1 Å². The average Bonchev–Trinajstić information content (AvgIpc) is 3.03. The zero-order valence-corrected chi connectivity index (χ0v) is 17.5. The Hall–Kier alpha value is -4.07. The van der Waals surface area contributed by atoms with Crippen LogP contribution in [0.2, 0.25) is 0 Å². The predicted molar refractivity (Wildman–Crippen MR) is 120 cm³/mol. The molecule has 0 saturated carbocycles. The lowest BCUT2D eigenvalue weighted by Gasteiger charge is -2.11. The maximum atomic E-state index is 8.67. The van der Waals surface area contributed by atoms with Crippen molar-refractivity contribution in [3.8, 4) is 17.2 Å². The number of nitrogens with zero attached hydrogens (tertiary/aromatic N) is 4. The van der Waals surface area contributed by atoms with Crippen LogP contribution in [0.4, 0.5) is 11.6 Å². The number of ether oxygens (including phenoxy) is 2. The Bertz CT molecular complexity index is 1230. The standard InChI is InChI=1S/C23H23N5O3/c1-15(2)30-18-6-4-5-16(11-18)26-23-27-21-13-19(7-8-22(21)28(23)3)31-20-9-10-24-17(12-20)14-25-29/h4-15,29H,1-3H3,(H,26,27). The molecule has 4 aromatic rings. The van der Waals surface area contributed by atoms with Gasteiger partial charge < -0.3 is 24.6 Å². The minimum Gasteiger partial charge on any atom is -0.491 e. The number of imidazole rings is 1. The van der Waals surface area contributed by atoms with Crippen LogP contribution >= 0.6 is 0 Å². The quantitative estimate of drug-likeness (QED) is 0.247. The van der Waals surface area contributed by atoms with E-state index in [0.29, 0.717) is 23.1 Å². The second kappa shape index (κ2) is 8.74. The van der Waals surface area contributed by atoms with Crippen molar-refractivity contribution in [1.82, 2.24) is 14.5 Å². The third-order valence-corrected chi connectivity index (χ3v) is 4.49. The molecule has 8 nitrogen and oxygen atoms in total. The van der Waals surface area contributed by atoms with Gasteiger partial charge in [-0.25, -0.2) is 4.98 Å². The Morgan fingerprint density at radius 3 is 2.71 bits per heavy atom. The summed E-state index contributed by atoms with van der Waals surface area (Å²) in [7, 11) is 1.95. The maximum absolute atomic E-state index is 8.67. The molecule has 2 aromatic carbocycles. The van der Waals surface area contributed by atoms with E-state index in [-0.39, 0.29) is 6.10 Å². The first-order valence-electron chi connectivity index (χ1n) is 9.83. The average molecular weight is 417 g/mol. The molecule has 31 heavy (non-hydrogen) atoms. The molecule has 2 aromatic heterocycles. The van der Waals surface area contributed by atoms with Gasteiger partial charge in [-0.2, -0.15) is 0 Å². The second-order valence-corrected chi connectivity index (χ2v) is 7.23. The van der Waals surface area contributed by atoms with Gasteiger partial charge in [-0.15, -0.1) is 0 Å². The summed E-state index contributed by atoms with van der Waals surface area (Å²) < 4.78 is 13.7. The smallest absolute Gasteiger partial charge is 0.208 e. The van der Waals surface area contributed by atoms with Crippen LogP contribution in [-0.2, 0) is 7.05 Å². The van der Waals surface area contributed by atoms with Crippen molar-refractivity contribution in [3.05, 3.63) is 66.5 Å². The van der Waals surface area contributed by atoms with Crippen molar-refractivity contribution in [3.63, 3.8) is 0 Å². The third-order valence-electron chi connectivity index (χ3n) is 4.49. The molecular weight excluding hydrogens is 394 g/mol. The van der Waals surface area contributed by atoms with Gasteiger partial charge in [0.1, 0.15) is 17.2 Å². The molecule has 0 spiro atoms. The number of oxime groups is 1. The van der Waals surface area contributed by atoms with Crippen molar-refractivity contribution in [1.29, 1.82) is 0 Å². The van der Waals surface area contributed by atoms with Crippen molar-refractivity contribution < 1.29 is 14.7 Å². The molecule has 0 radical (unpaired) electrons. The van der Waals surface area contributed by atoms with Crippen molar-refractivity contribution in [2.75, 3.05) is 5.32 Å². The number of aryl methyl sites for hydroxylation is 1. The fourth-order valence-corrected chi connectivity index (χ4v) is 3.16. The number of hydrogen-bond acceptors (Lipinski definition) is 7. The van der Waals surface area contributed by atoms with Gasteiger partial charge >= 0.3 is 0 Å². The summed E-state index contributed by atoms with van der Waals surface area (Å²) in [5.41, 5.74) is 3.15. The number of rotatable bonds is 7. The molecule has 0 aliphatic rings. The summed E-state index contributed by atoms with van der Waals surface area (Å²) in [6.07, 6.45) is 2.94. The summed E-state index contributed by atoms with van der Waals surface area (Å²) in [5.74, 6) is 2.74. The highest BCUT2D eigenvalue weighted by atomic mass is 16.5. The molecule has 0 fully saturated rings. The minimum absolute atomic E-state index is 0.108. The lowest BCUT2D eigenvalue weighted by Crippen LogP contribution is -2.06. The summed E-state index contributed by atoms with van der Waals surface area (Å²) in [5, 5.41) is 15.0. The molecule has 2 N–H and O–H groups in total. The van der Waals surface area contributed by atoms with Crippen LogP contribution in [0, 0.1) is 0 Å². The first-order valence-corrected chi connectivity index (χ1v) is 9.83. The van der Waals surface area contributed by atoms with E-state index in [2.05, 4.69) is 15.5 Å². The van der Waals surface area contributed by atoms with E-state index < -0.39 is 0 Å². The van der Waals surface area contributed by atoms with Gasteiger partial charge in [-0.1, -0.05) is 11.2 Å². The Labute approximate surface area is 179 Å². The molecule has 2 heterocycles. The van der Waals surface area contributed by atoms with E-state index in [1.165, 1.54) is 6.21 Å². The molecular formula is C23H23N5O3. The van der Waals surface area contributed by atoms with Crippen LogP contribution in [0.3, 0.4) is 0 Å². The normalized spacial score (nSPS) is 11.4. The van der Waals surface area contributed by atoms with Gasteiger partial charge in [-0.05, 0) is 44.2 Å². The number of fused-ring (bicyclic) bond motifs is 1. The maximum Gasteiger partial charge on any atom is 0.208 e. The fourth-order valence-electron chi connectivity index (χ4n) is 3.16. The fraction of sp³-hybridized carbons (Fsp3) is 0.174. The molecule has 8 heteroatoms. The Kier molecular flexibility index (Phi) is 5.70. The first-order chi connectivity index (χ1) is 15.0. The van der Waals surface area contributed by atoms with Crippen LogP contribution in [0.25, 0.3) is 11.0 Å². The van der Waals surface area contributed by atoms with Crippen molar-refractivity contribution in [2.24, 2.45) is 12.2 Å². The van der Waals surface area contributed by atoms with Gasteiger partial charge in [0.05, 0.1) is 29.0 Å². The molecule has 0 saturated heterocycles. The van der Waals surface area contributed by atoms with E-state index in [1.807, 2.05) is 67.9 Å². The number of hydrogen-bond donors (Lipinski definition) is 2. The molecule has 0 aliphatic heterocycles. The predicted octanol–water partition coefficient (Wildman–Crippen LogP) is 5.10. The molecule has 0 atom stereocenters. The second-order valence-electron chi connectivity index (χ2n) is 7.23. The number of anilines is 2. The highest BCUT2D eigenvalue weighted by molar-refractivity contribution is 5.81. The highest BCUT2D eigenvalue weighted by Gasteiger charge is 2.10. The van der Waals surface area contributed by atoms with Gasteiger partial charge in [0.2, 0.25) is 5.95 Å². The van der Waals surface area contributed by atoms with Crippen molar-refractivity contribution >= 4 is 28.9 Å². The van der Waals surface area contributed by atoms with Gasteiger partial charge in [-0.3, -0.25) is 4.98 Å². The molecule has 158 valence electrons. The Morgan fingerprint density at radius 2 is 1.90 bits per heavy atom. The molecule has 4 rings (SSSR count). The number of nitrogens with one attached hydrogen (secondary N) is 1. The van der Waals surface area contributed by atoms with Crippen LogP contribution in [-0.4, -0.2) is 32.1 Å². The molecule has 0 aliphatic carbocycles. The number of benzene rings is 2. The van der Waals surface area contributed by atoms with Crippen LogP contribution in [0.1, 0.15) is 19.5 Å². The largest absolute Gasteiger partial charge is 0.491 e. The van der Waals surface area contributed by atoms with Crippen LogP contribution < -0.4 is 14.8 Å². The highest BCUT2D eigenvalue weighted by Crippen LogP contribution is 2.29. The van der Waals surface area contributed by atoms with Gasteiger partial charge in [0.15, 0.2) is 0 Å². The zero-order chi connectivity index (χ0) is 21.8. The summed E-state index contributed by atoms with van der Waals surface area (Å²) in [6.45, 7) is 4.00. The summed E-state index contributed by atoms with van der Waals surface area (Å²) in [6, 6.07) is 16.9. The topological polar surface area (TPSA) is 93.8 Å². The number of pyridine rings is 1. The minimum atomic E-state index is 0.108. The number of aromatic nitrogens is 3. The summed E-state index contributed by atoms with van der Waals surface area (Å²) in [4.78, 5) is 8.79. The summed E-state index contributed by atoms with van der Waals surface area (Å²) >= 11 is 0. The van der Waals surface area contributed by atoms with Crippen LogP contribution in [0.5, 0.6) is 17.2 Å². The Morgan fingerprint density at radius 1 is 1.06 bits per heavy atom.